The molecule has 0 bridgehead atoms. The molecule has 0 aliphatic rings. The van der Waals surface area contributed by atoms with Gasteiger partial charge in [0.15, 0.2) is 0 Å². The topological polar surface area (TPSA) is 72.5 Å². The van der Waals surface area contributed by atoms with Crippen LogP contribution in [0.25, 0.3) is 0 Å². The lowest BCUT2D eigenvalue weighted by Crippen LogP contribution is -2.34. The highest BCUT2D eigenvalue weighted by atomic mass is 32.2. The van der Waals surface area contributed by atoms with Crippen molar-refractivity contribution in [2.45, 2.75) is 38.6 Å². The minimum atomic E-state index is -3.35. The predicted octanol–water partition coefficient (Wildman–Crippen LogP) is 1.88. The summed E-state index contributed by atoms with van der Waals surface area (Å²) in [6, 6.07) is 9.81. The quantitative estimate of drug-likeness (QED) is 0.707. The predicted molar refractivity (Wildman–Crippen MR) is 82.4 cm³/mol. The number of carbonyl (C=O) groups is 1. The van der Waals surface area contributed by atoms with E-state index in [4.69, 9.17) is 0 Å². The van der Waals surface area contributed by atoms with Crippen LogP contribution in [-0.4, -0.2) is 33.3 Å². The number of aryl methyl sites for hydroxylation is 1. The number of ether oxygens (including phenoxy) is 1. The van der Waals surface area contributed by atoms with Crippen molar-refractivity contribution in [1.82, 2.24) is 4.72 Å². The van der Waals surface area contributed by atoms with E-state index in [0.29, 0.717) is 0 Å². The number of hydrogen-bond acceptors (Lipinski definition) is 4. The molecule has 1 aromatic rings. The van der Waals surface area contributed by atoms with Gasteiger partial charge in [-0.3, -0.25) is 4.79 Å². The molecule has 0 heterocycles. The number of benzene rings is 1. The van der Waals surface area contributed by atoms with Crippen LogP contribution in [0, 0.1) is 0 Å². The summed E-state index contributed by atoms with van der Waals surface area (Å²) >= 11 is 0. The van der Waals surface area contributed by atoms with Crippen molar-refractivity contribution in [1.29, 1.82) is 0 Å². The van der Waals surface area contributed by atoms with Crippen LogP contribution in [-0.2, 0) is 26.0 Å². The Labute approximate surface area is 126 Å². The summed E-state index contributed by atoms with van der Waals surface area (Å²) in [5.74, 6) is -0.444. The number of rotatable bonds is 9. The molecule has 0 aliphatic heterocycles. The van der Waals surface area contributed by atoms with Crippen LogP contribution in [0.15, 0.2) is 30.3 Å². The van der Waals surface area contributed by atoms with E-state index in [1.54, 1.807) is 0 Å². The van der Waals surface area contributed by atoms with Gasteiger partial charge in [-0.2, -0.15) is 0 Å². The van der Waals surface area contributed by atoms with Crippen molar-refractivity contribution in [3.8, 4) is 0 Å². The molecule has 0 aromatic heterocycles. The van der Waals surface area contributed by atoms with Crippen LogP contribution >= 0.6 is 0 Å². The van der Waals surface area contributed by atoms with Crippen LogP contribution in [0.4, 0.5) is 0 Å². The van der Waals surface area contributed by atoms with E-state index >= 15 is 0 Å². The van der Waals surface area contributed by atoms with Crippen molar-refractivity contribution in [2.24, 2.45) is 0 Å². The molecule has 0 saturated heterocycles. The Morgan fingerprint density at radius 1 is 1.29 bits per heavy atom. The van der Waals surface area contributed by atoms with Gasteiger partial charge in [-0.05, 0) is 31.7 Å². The number of esters is 1. The average Bonchev–Trinajstić information content (AvgIpc) is 2.45. The summed E-state index contributed by atoms with van der Waals surface area (Å²) < 4.78 is 30.8. The molecule has 0 amide bonds. The lowest BCUT2D eigenvalue weighted by Gasteiger charge is -2.14. The van der Waals surface area contributed by atoms with Gasteiger partial charge in [0.25, 0.3) is 0 Å². The Bertz CT molecular complexity index is 528. The summed E-state index contributed by atoms with van der Waals surface area (Å²) in [5, 5.41) is 0. The smallest absolute Gasteiger partial charge is 0.305 e. The SMILES string of the molecule is COC(=O)CCCS(=O)(=O)NC(C)CCc1ccccc1. The van der Waals surface area contributed by atoms with Crippen LogP contribution in [0.3, 0.4) is 0 Å². The van der Waals surface area contributed by atoms with Gasteiger partial charge in [0.05, 0.1) is 12.9 Å². The Balaban J connectivity index is 2.31. The number of carbonyl (C=O) groups excluding carboxylic acids is 1. The van der Waals surface area contributed by atoms with E-state index < -0.39 is 10.0 Å². The molecule has 0 aliphatic carbocycles. The summed E-state index contributed by atoms with van der Waals surface area (Å²) in [6.07, 6.45) is 1.95. The maximum absolute atomic E-state index is 11.9. The molecule has 0 fully saturated rings. The molecular weight excluding hydrogens is 290 g/mol. The molecule has 118 valence electrons. The van der Waals surface area contributed by atoms with E-state index in [2.05, 4.69) is 9.46 Å². The van der Waals surface area contributed by atoms with Gasteiger partial charge in [-0.15, -0.1) is 0 Å². The second-order valence-electron chi connectivity index (χ2n) is 5.04. The zero-order valence-electron chi connectivity index (χ0n) is 12.5. The zero-order chi connectivity index (χ0) is 15.7. The first-order chi connectivity index (χ1) is 9.93. The fourth-order valence-electron chi connectivity index (χ4n) is 1.96. The molecular formula is C15H23NO4S. The van der Waals surface area contributed by atoms with E-state index in [1.807, 2.05) is 37.3 Å². The van der Waals surface area contributed by atoms with Gasteiger partial charge in [-0.25, -0.2) is 13.1 Å². The van der Waals surface area contributed by atoms with Crippen molar-refractivity contribution in [3.63, 3.8) is 0 Å². The second kappa shape index (κ2) is 8.79. The highest BCUT2D eigenvalue weighted by Gasteiger charge is 2.15. The lowest BCUT2D eigenvalue weighted by atomic mass is 10.1. The summed E-state index contributed by atoms with van der Waals surface area (Å²) in [6.45, 7) is 1.85. The van der Waals surface area contributed by atoms with E-state index in [0.717, 1.165) is 12.8 Å². The van der Waals surface area contributed by atoms with E-state index in [-0.39, 0.29) is 30.6 Å². The fraction of sp³-hybridized carbons (Fsp3) is 0.533. The van der Waals surface area contributed by atoms with Crippen molar-refractivity contribution >= 4 is 16.0 Å². The van der Waals surface area contributed by atoms with Gasteiger partial charge < -0.3 is 4.74 Å². The van der Waals surface area contributed by atoms with Crippen LogP contribution in [0.2, 0.25) is 0 Å². The monoisotopic (exact) mass is 313 g/mol. The first-order valence-electron chi connectivity index (χ1n) is 7.03. The fourth-order valence-corrected chi connectivity index (χ4v) is 3.33. The highest BCUT2D eigenvalue weighted by Crippen LogP contribution is 2.06. The number of hydrogen-bond donors (Lipinski definition) is 1. The first-order valence-corrected chi connectivity index (χ1v) is 8.69. The normalized spacial score (nSPS) is 12.9. The molecule has 21 heavy (non-hydrogen) atoms. The summed E-state index contributed by atoms with van der Waals surface area (Å²) in [4.78, 5) is 10.9. The van der Waals surface area contributed by atoms with Crippen LogP contribution in [0.1, 0.15) is 31.7 Å². The molecule has 5 nitrogen and oxygen atoms in total. The largest absolute Gasteiger partial charge is 0.469 e. The maximum atomic E-state index is 11.9. The highest BCUT2D eigenvalue weighted by molar-refractivity contribution is 7.89. The summed E-state index contributed by atoms with van der Waals surface area (Å²) in [7, 11) is -2.05. The Kier molecular flexibility index (Phi) is 7.39. The van der Waals surface area contributed by atoms with E-state index in [1.165, 1.54) is 12.7 Å². The Hall–Kier alpha value is -1.40. The number of sulfonamides is 1. The lowest BCUT2D eigenvalue weighted by molar-refractivity contribution is -0.140. The summed E-state index contributed by atoms with van der Waals surface area (Å²) in [5.41, 5.74) is 1.19. The molecule has 1 N–H and O–H groups in total. The minimum Gasteiger partial charge on any atom is -0.469 e. The molecule has 0 saturated carbocycles. The third-order valence-electron chi connectivity index (χ3n) is 3.11. The number of nitrogens with one attached hydrogen (secondary N) is 1. The Morgan fingerprint density at radius 3 is 2.57 bits per heavy atom. The molecule has 1 rings (SSSR count). The van der Waals surface area contributed by atoms with Gasteiger partial charge >= 0.3 is 5.97 Å². The van der Waals surface area contributed by atoms with Gasteiger partial charge in [-0.1, -0.05) is 30.3 Å². The molecule has 1 atom stereocenters. The maximum Gasteiger partial charge on any atom is 0.305 e. The molecule has 1 unspecified atom stereocenters. The van der Waals surface area contributed by atoms with Crippen LogP contribution < -0.4 is 4.72 Å². The Morgan fingerprint density at radius 2 is 1.95 bits per heavy atom. The number of methoxy groups -OCH3 is 1. The average molecular weight is 313 g/mol. The van der Waals surface area contributed by atoms with Gasteiger partial charge in [0.1, 0.15) is 0 Å². The van der Waals surface area contributed by atoms with E-state index in [9.17, 15) is 13.2 Å². The van der Waals surface area contributed by atoms with Crippen molar-refractivity contribution in [2.75, 3.05) is 12.9 Å². The van der Waals surface area contributed by atoms with Crippen LogP contribution in [0.5, 0.6) is 0 Å². The van der Waals surface area contributed by atoms with Crippen molar-refractivity contribution < 1.29 is 17.9 Å². The molecule has 0 spiro atoms. The van der Waals surface area contributed by atoms with Gasteiger partial charge in [0, 0.05) is 12.5 Å². The molecule has 6 heteroatoms. The zero-order valence-corrected chi connectivity index (χ0v) is 13.4. The van der Waals surface area contributed by atoms with Gasteiger partial charge in [0.2, 0.25) is 10.0 Å². The first kappa shape index (κ1) is 17.7. The molecule has 0 radical (unpaired) electrons. The molecule has 1 aromatic carbocycles. The second-order valence-corrected chi connectivity index (χ2v) is 6.92. The third kappa shape index (κ3) is 7.82. The van der Waals surface area contributed by atoms with Crippen molar-refractivity contribution in [3.05, 3.63) is 35.9 Å². The third-order valence-corrected chi connectivity index (χ3v) is 4.70. The minimum absolute atomic E-state index is 0.0578. The standard InChI is InChI=1S/C15H23NO4S/c1-13(10-11-14-7-4-3-5-8-14)16-21(18,19)12-6-9-15(17)20-2/h3-5,7-8,13,16H,6,9-12H2,1-2H3.